The van der Waals surface area contributed by atoms with Crippen molar-refractivity contribution in [1.82, 2.24) is 4.90 Å². The number of nitrogens with two attached hydrogens (primary N) is 1. The molecule has 5 heteroatoms. The van der Waals surface area contributed by atoms with E-state index in [9.17, 15) is 9.90 Å². The van der Waals surface area contributed by atoms with Gasteiger partial charge >= 0.3 is 0 Å². The number of likely N-dealkylation sites (N-methyl/N-ethyl adjacent to an activating group) is 1. The van der Waals surface area contributed by atoms with Gasteiger partial charge in [0.15, 0.2) is 0 Å². The van der Waals surface area contributed by atoms with Gasteiger partial charge in [-0.2, -0.15) is 0 Å². The van der Waals surface area contributed by atoms with Crippen molar-refractivity contribution in [2.75, 3.05) is 33.4 Å². The van der Waals surface area contributed by atoms with Crippen molar-refractivity contribution in [1.29, 1.82) is 0 Å². The van der Waals surface area contributed by atoms with Gasteiger partial charge in [-0.25, -0.2) is 0 Å². The zero-order valence-corrected chi connectivity index (χ0v) is 13.9. The Hall–Kier alpha value is -0.650. The third kappa shape index (κ3) is 4.66. The summed E-state index contributed by atoms with van der Waals surface area (Å²) in [6.45, 7) is 6.03. The first-order valence-corrected chi connectivity index (χ1v) is 8.19. The van der Waals surface area contributed by atoms with Crippen LogP contribution in [0.15, 0.2) is 0 Å². The van der Waals surface area contributed by atoms with E-state index >= 15 is 0 Å². The summed E-state index contributed by atoms with van der Waals surface area (Å²) in [6.07, 6.45) is 4.66. The largest absolute Gasteiger partial charge is 0.388 e. The highest BCUT2D eigenvalue weighted by Crippen LogP contribution is 2.32. The standard InChI is InChI=1S/C16H32N2O3/c1-4-6-15(12-17,7-5-2)14(19)18(3)13-16(20)8-10-21-11-9-16/h20H,4-13,17H2,1-3H3. The Morgan fingerprint density at radius 2 is 1.81 bits per heavy atom. The quantitative estimate of drug-likeness (QED) is 0.713. The second kappa shape index (κ2) is 8.11. The van der Waals surface area contributed by atoms with Crippen molar-refractivity contribution in [2.45, 2.75) is 58.0 Å². The van der Waals surface area contributed by atoms with Gasteiger partial charge in [0.25, 0.3) is 0 Å². The molecular formula is C16H32N2O3. The molecule has 0 aromatic rings. The summed E-state index contributed by atoms with van der Waals surface area (Å²) in [4.78, 5) is 14.6. The van der Waals surface area contributed by atoms with E-state index in [0.717, 1.165) is 25.7 Å². The van der Waals surface area contributed by atoms with E-state index in [4.69, 9.17) is 10.5 Å². The molecule has 0 aromatic heterocycles. The average molecular weight is 300 g/mol. The number of nitrogens with zero attached hydrogens (tertiary/aromatic N) is 1. The van der Waals surface area contributed by atoms with Crippen LogP contribution in [-0.4, -0.2) is 54.9 Å². The molecule has 0 saturated carbocycles. The van der Waals surface area contributed by atoms with Crippen molar-refractivity contribution in [3.63, 3.8) is 0 Å². The SMILES string of the molecule is CCCC(CN)(CCC)C(=O)N(C)CC1(O)CCOCC1. The minimum atomic E-state index is -0.818. The van der Waals surface area contributed by atoms with Crippen LogP contribution in [0.5, 0.6) is 0 Å². The molecule has 0 atom stereocenters. The number of hydrogen-bond acceptors (Lipinski definition) is 4. The van der Waals surface area contributed by atoms with E-state index in [1.165, 1.54) is 0 Å². The summed E-state index contributed by atoms with van der Waals surface area (Å²) in [7, 11) is 1.78. The summed E-state index contributed by atoms with van der Waals surface area (Å²) in [5.74, 6) is 0.0774. The van der Waals surface area contributed by atoms with Crippen molar-refractivity contribution < 1.29 is 14.6 Å². The monoisotopic (exact) mass is 300 g/mol. The fraction of sp³-hybridized carbons (Fsp3) is 0.938. The normalized spacial score (nSPS) is 18.5. The van der Waals surface area contributed by atoms with Gasteiger partial charge in [0.2, 0.25) is 5.91 Å². The molecule has 1 saturated heterocycles. The Kier molecular flexibility index (Phi) is 7.10. The molecule has 1 amide bonds. The predicted molar refractivity (Wildman–Crippen MR) is 83.9 cm³/mol. The third-order valence-electron chi connectivity index (χ3n) is 4.60. The first kappa shape index (κ1) is 18.4. The number of carbonyl (C=O) groups excluding carboxylic acids is 1. The smallest absolute Gasteiger partial charge is 0.229 e. The summed E-state index contributed by atoms with van der Waals surface area (Å²) < 4.78 is 5.29. The van der Waals surface area contributed by atoms with Crippen molar-refractivity contribution in [3.8, 4) is 0 Å². The number of carbonyl (C=O) groups is 1. The van der Waals surface area contributed by atoms with Crippen LogP contribution in [0, 0.1) is 5.41 Å². The molecule has 0 aromatic carbocycles. The Labute approximate surface area is 128 Å². The first-order chi connectivity index (χ1) is 9.93. The summed E-state index contributed by atoms with van der Waals surface area (Å²) in [6, 6.07) is 0. The van der Waals surface area contributed by atoms with Gasteiger partial charge in [-0.3, -0.25) is 4.79 Å². The highest BCUT2D eigenvalue weighted by atomic mass is 16.5. The molecule has 21 heavy (non-hydrogen) atoms. The molecule has 5 nitrogen and oxygen atoms in total. The van der Waals surface area contributed by atoms with Crippen LogP contribution in [0.25, 0.3) is 0 Å². The molecule has 124 valence electrons. The summed E-state index contributed by atoms with van der Waals surface area (Å²) >= 11 is 0. The molecule has 0 aliphatic carbocycles. The maximum absolute atomic E-state index is 12.9. The lowest BCUT2D eigenvalue weighted by Gasteiger charge is -2.40. The second-order valence-corrected chi connectivity index (χ2v) is 6.48. The topological polar surface area (TPSA) is 75.8 Å². The number of rotatable bonds is 8. The zero-order chi connectivity index (χ0) is 15.9. The fourth-order valence-corrected chi connectivity index (χ4v) is 3.42. The molecule has 1 aliphatic rings. The van der Waals surface area contributed by atoms with E-state index in [1.807, 2.05) is 0 Å². The van der Waals surface area contributed by atoms with Crippen LogP contribution in [-0.2, 0) is 9.53 Å². The van der Waals surface area contributed by atoms with Crippen molar-refractivity contribution in [3.05, 3.63) is 0 Å². The van der Waals surface area contributed by atoms with Gasteiger partial charge in [0, 0.05) is 46.2 Å². The van der Waals surface area contributed by atoms with E-state index in [-0.39, 0.29) is 5.91 Å². The molecule has 1 rings (SSSR count). The van der Waals surface area contributed by atoms with Gasteiger partial charge in [-0.1, -0.05) is 26.7 Å². The second-order valence-electron chi connectivity index (χ2n) is 6.48. The molecule has 1 fully saturated rings. The molecule has 0 radical (unpaired) electrons. The van der Waals surface area contributed by atoms with E-state index in [2.05, 4.69) is 13.8 Å². The van der Waals surface area contributed by atoms with Crippen LogP contribution >= 0.6 is 0 Å². The predicted octanol–water partition coefficient (Wildman–Crippen LogP) is 1.53. The lowest BCUT2D eigenvalue weighted by Crippen LogP contribution is -2.53. The van der Waals surface area contributed by atoms with Gasteiger partial charge in [-0.05, 0) is 12.8 Å². The van der Waals surface area contributed by atoms with Gasteiger partial charge in [0.1, 0.15) is 0 Å². The Morgan fingerprint density at radius 1 is 1.29 bits per heavy atom. The maximum Gasteiger partial charge on any atom is 0.229 e. The molecule has 1 aliphatic heterocycles. The van der Waals surface area contributed by atoms with Crippen LogP contribution in [0.2, 0.25) is 0 Å². The first-order valence-electron chi connectivity index (χ1n) is 8.19. The van der Waals surface area contributed by atoms with E-state index in [0.29, 0.717) is 39.1 Å². The fourth-order valence-electron chi connectivity index (χ4n) is 3.42. The Bertz CT molecular complexity index is 321. The lowest BCUT2D eigenvalue weighted by molar-refractivity contribution is -0.147. The molecule has 0 spiro atoms. The van der Waals surface area contributed by atoms with Crippen LogP contribution in [0.3, 0.4) is 0 Å². The van der Waals surface area contributed by atoms with Crippen molar-refractivity contribution in [2.24, 2.45) is 11.1 Å². The number of aliphatic hydroxyl groups is 1. The van der Waals surface area contributed by atoms with E-state index < -0.39 is 11.0 Å². The van der Waals surface area contributed by atoms with E-state index in [1.54, 1.807) is 11.9 Å². The Balaban J connectivity index is 2.77. The van der Waals surface area contributed by atoms with Gasteiger partial charge in [0.05, 0.1) is 11.0 Å². The number of hydrogen-bond donors (Lipinski definition) is 2. The minimum Gasteiger partial charge on any atom is -0.388 e. The van der Waals surface area contributed by atoms with Gasteiger partial charge in [-0.15, -0.1) is 0 Å². The Morgan fingerprint density at radius 3 is 2.24 bits per heavy atom. The number of amides is 1. The lowest BCUT2D eigenvalue weighted by atomic mass is 9.77. The zero-order valence-electron chi connectivity index (χ0n) is 13.9. The molecule has 1 heterocycles. The average Bonchev–Trinajstić information content (AvgIpc) is 2.46. The van der Waals surface area contributed by atoms with Gasteiger partial charge < -0.3 is 20.5 Å². The highest BCUT2D eigenvalue weighted by molar-refractivity contribution is 5.82. The maximum atomic E-state index is 12.9. The van der Waals surface area contributed by atoms with Crippen LogP contribution in [0.1, 0.15) is 52.4 Å². The summed E-state index contributed by atoms with van der Waals surface area (Å²) in [5, 5.41) is 10.6. The molecule has 3 N–H and O–H groups in total. The summed E-state index contributed by atoms with van der Waals surface area (Å²) in [5.41, 5.74) is 4.66. The van der Waals surface area contributed by atoms with Crippen molar-refractivity contribution >= 4 is 5.91 Å². The molecule has 0 bridgehead atoms. The number of ether oxygens (including phenoxy) is 1. The minimum absolute atomic E-state index is 0.0774. The molecular weight excluding hydrogens is 268 g/mol. The van der Waals surface area contributed by atoms with Crippen LogP contribution in [0.4, 0.5) is 0 Å². The highest BCUT2D eigenvalue weighted by Gasteiger charge is 2.40. The molecule has 0 unspecified atom stereocenters. The third-order valence-corrected chi connectivity index (χ3v) is 4.60. The van der Waals surface area contributed by atoms with Crippen LogP contribution < -0.4 is 5.73 Å².